The van der Waals surface area contributed by atoms with Crippen molar-refractivity contribution in [3.8, 4) is 0 Å². The van der Waals surface area contributed by atoms with Crippen LogP contribution in [0.15, 0.2) is 29.3 Å². The second-order valence-corrected chi connectivity index (χ2v) is 8.01. The maximum absolute atomic E-state index is 11.9. The molecular weight excluding hydrogens is 485 g/mol. The first-order valence-corrected chi connectivity index (χ1v) is 11.0. The van der Waals surface area contributed by atoms with Crippen LogP contribution < -0.4 is 15.5 Å². The van der Waals surface area contributed by atoms with Crippen molar-refractivity contribution >= 4 is 53.3 Å². The molecule has 1 saturated heterocycles. The second kappa shape index (κ2) is 13.1. The summed E-state index contributed by atoms with van der Waals surface area (Å²) < 4.78 is 0. The van der Waals surface area contributed by atoms with Gasteiger partial charge in [0.15, 0.2) is 5.96 Å². The van der Waals surface area contributed by atoms with E-state index < -0.39 is 0 Å². The van der Waals surface area contributed by atoms with E-state index in [0.717, 1.165) is 25.4 Å². The Balaban J connectivity index is 0.00000392. The number of nitrogens with one attached hydrogen (secondary N) is 2. The second-order valence-electron chi connectivity index (χ2n) is 7.03. The lowest BCUT2D eigenvalue weighted by Gasteiger charge is -2.22. The van der Waals surface area contributed by atoms with E-state index in [0.29, 0.717) is 5.96 Å². The van der Waals surface area contributed by atoms with E-state index in [2.05, 4.69) is 58.0 Å². The fourth-order valence-electron chi connectivity index (χ4n) is 2.97. The number of anilines is 1. The number of rotatable bonds is 8. The molecule has 0 bridgehead atoms. The van der Waals surface area contributed by atoms with Gasteiger partial charge in [-0.25, -0.2) is 4.99 Å². The number of carbonyl (C=O) groups excluding carboxylic acids is 1. The lowest BCUT2D eigenvalue weighted by molar-refractivity contribution is -0.127. The van der Waals surface area contributed by atoms with Crippen molar-refractivity contribution in [2.75, 3.05) is 57.2 Å². The number of aliphatic imine (C=N–C) groups is 1. The Hall–Kier alpha value is -1.16. The Morgan fingerprint density at radius 3 is 2.68 bits per heavy atom. The average Bonchev–Trinajstić information content (AvgIpc) is 3.20. The normalized spacial score (nSPS) is 15.0. The number of thioether (sulfide) groups is 1. The van der Waals surface area contributed by atoms with Crippen LogP contribution in [0.25, 0.3) is 0 Å². The van der Waals surface area contributed by atoms with Crippen LogP contribution in [0.3, 0.4) is 0 Å². The number of hydrogen-bond acceptors (Lipinski definition) is 4. The topological polar surface area (TPSA) is 60.0 Å². The minimum Gasteiger partial charge on any atom is -0.372 e. The highest BCUT2D eigenvalue weighted by Gasteiger charge is 2.15. The number of nitrogens with zero attached hydrogens (tertiary/aromatic N) is 3. The molecule has 1 aromatic rings. The van der Waals surface area contributed by atoms with Crippen LogP contribution in [-0.2, 0) is 4.79 Å². The van der Waals surface area contributed by atoms with Gasteiger partial charge in [-0.05, 0) is 43.7 Å². The predicted octanol–water partition coefficient (Wildman–Crippen LogP) is 2.95. The molecule has 1 aliphatic heterocycles. The minimum atomic E-state index is -0.00958. The zero-order valence-corrected chi connectivity index (χ0v) is 20.5. The van der Waals surface area contributed by atoms with Gasteiger partial charge in [0.25, 0.3) is 0 Å². The van der Waals surface area contributed by atoms with Crippen molar-refractivity contribution in [3.05, 3.63) is 29.8 Å². The summed E-state index contributed by atoms with van der Waals surface area (Å²) in [6.45, 7) is 5.36. The van der Waals surface area contributed by atoms with Gasteiger partial charge >= 0.3 is 0 Å². The molecular formula is C20H34IN5OS. The Morgan fingerprint density at radius 2 is 2.04 bits per heavy atom. The van der Waals surface area contributed by atoms with Gasteiger partial charge in [0.1, 0.15) is 6.54 Å². The highest BCUT2D eigenvalue weighted by atomic mass is 127. The molecule has 6 nitrogen and oxygen atoms in total. The molecule has 28 heavy (non-hydrogen) atoms. The van der Waals surface area contributed by atoms with Crippen LogP contribution in [0, 0.1) is 0 Å². The van der Waals surface area contributed by atoms with E-state index >= 15 is 0 Å². The Bertz CT molecular complexity index is 635. The summed E-state index contributed by atoms with van der Waals surface area (Å²) in [6, 6.07) is 8.80. The van der Waals surface area contributed by atoms with Gasteiger partial charge in [0, 0.05) is 45.2 Å². The van der Waals surface area contributed by atoms with Crippen LogP contribution >= 0.6 is 35.7 Å². The molecule has 0 spiro atoms. The summed E-state index contributed by atoms with van der Waals surface area (Å²) in [6.07, 6.45) is 4.62. The van der Waals surface area contributed by atoms with Crippen molar-refractivity contribution in [2.45, 2.75) is 25.8 Å². The van der Waals surface area contributed by atoms with E-state index in [4.69, 9.17) is 0 Å². The molecule has 1 fully saturated rings. The van der Waals surface area contributed by atoms with E-state index in [-0.39, 0.29) is 42.5 Å². The van der Waals surface area contributed by atoms with Gasteiger partial charge < -0.3 is 20.4 Å². The molecule has 0 aromatic heterocycles. The summed E-state index contributed by atoms with van der Waals surface area (Å²) in [7, 11) is 3.50. The van der Waals surface area contributed by atoms with Gasteiger partial charge in [0.05, 0.1) is 6.04 Å². The molecule has 1 unspecified atom stereocenters. The van der Waals surface area contributed by atoms with Crippen molar-refractivity contribution in [1.29, 1.82) is 0 Å². The summed E-state index contributed by atoms with van der Waals surface area (Å²) in [5.41, 5.74) is 2.51. The fraction of sp³-hybridized carbons (Fsp3) is 0.600. The van der Waals surface area contributed by atoms with Crippen molar-refractivity contribution < 1.29 is 4.79 Å². The van der Waals surface area contributed by atoms with Gasteiger partial charge in [-0.2, -0.15) is 11.8 Å². The lowest BCUT2D eigenvalue weighted by Crippen LogP contribution is -2.40. The van der Waals surface area contributed by atoms with Crippen LogP contribution in [-0.4, -0.2) is 69.0 Å². The molecule has 2 rings (SSSR count). The zero-order valence-electron chi connectivity index (χ0n) is 17.4. The van der Waals surface area contributed by atoms with Gasteiger partial charge in [0.2, 0.25) is 5.91 Å². The van der Waals surface area contributed by atoms with Crippen LogP contribution in [0.5, 0.6) is 0 Å². The summed E-state index contributed by atoms with van der Waals surface area (Å²) in [5.74, 6) is 1.66. The highest BCUT2D eigenvalue weighted by Crippen LogP contribution is 2.23. The number of amides is 1. The van der Waals surface area contributed by atoms with Gasteiger partial charge in [-0.15, -0.1) is 24.0 Å². The van der Waals surface area contributed by atoms with Crippen LogP contribution in [0.4, 0.5) is 5.69 Å². The first kappa shape index (κ1) is 24.9. The predicted molar refractivity (Wildman–Crippen MR) is 132 cm³/mol. The largest absolute Gasteiger partial charge is 0.372 e. The third kappa shape index (κ3) is 8.06. The van der Waals surface area contributed by atoms with Gasteiger partial charge in [-0.1, -0.05) is 12.1 Å². The number of guanidine groups is 1. The minimum absolute atomic E-state index is 0. The summed E-state index contributed by atoms with van der Waals surface area (Å²) in [5, 5.41) is 6.77. The number of halogens is 1. The molecule has 1 aliphatic rings. The fourth-order valence-corrected chi connectivity index (χ4v) is 3.27. The zero-order chi connectivity index (χ0) is 19.6. The summed E-state index contributed by atoms with van der Waals surface area (Å²) >= 11 is 1.78. The molecule has 0 saturated carbocycles. The maximum atomic E-state index is 11.9. The monoisotopic (exact) mass is 519 g/mol. The molecule has 1 heterocycles. The van der Waals surface area contributed by atoms with Crippen molar-refractivity contribution in [1.82, 2.24) is 15.5 Å². The summed E-state index contributed by atoms with van der Waals surface area (Å²) in [4.78, 5) is 20.3. The SMILES string of the molecule is CSCCNC(=NCC(=O)N(C)C)NC(C)c1cccc(N2CCCC2)c1.I. The highest BCUT2D eigenvalue weighted by molar-refractivity contribution is 14.0. The number of hydrogen-bond donors (Lipinski definition) is 2. The van der Waals surface area contributed by atoms with Crippen LogP contribution in [0.2, 0.25) is 0 Å². The van der Waals surface area contributed by atoms with Crippen molar-refractivity contribution in [2.24, 2.45) is 4.99 Å². The average molecular weight is 519 g/mol. The Kier molecular flexibility index (Phi) is 11.7. The molecule has 158 valence electrons. The standard InChI is InChI=1S/C20H33N5OS.HI/c1-16(17-8-7-9-18(14-17)25-11-5-6-12-25)23-20(21-10-13-27-4)22-15-19(26)24(2)3;/h7-9,14,16H,5-6,10-13,15H2,1-4H3,(H2,21,22,23);1H. The van der Waals surface area contributed by atoms with Crippen molar-refractivity contribution in [3.63, 3.8) is 0 Å². The van der Waals surface area contributed by atoms with E-state index in [9.17, 15) is 4.79 Å². The quantitative estimate of drug-likeness (QED) is 0.240. The molecule has 1 aromatic carbocycles. The number of likely N-dealkylation sites (N-methyl/N-ethyl adjacent to an activating group) is 1. The smallest absolute Gasteiger partial charge is 0.243 e. The lowest BCUT2D eigenvalue weighted by atomic mass is 10.1. The van der Waals surface area contributed by atoms with Crippen LogP contribution in [0.1, 0.15) is 31.4 Å². The third-order valence-electron chi connectivity index (χ3n) is 4.66. The molecule has 1 atom stereocenters. The van der Waals surface area contributed by atoms with E-state index in [1.54, 1.807) is 30.8 Å². The molecule has 0 aliphatic carbocycles. The van der Waals surface area contributed by atoms with E-state index in [1.165, 1.54) is 24.1 Å². The first-order chi connectivity index (χ1) is 13.0. The first-order valence-electron chi connectivity index (χ1n) is 9.60. The Labute approximate surface area is 190 Å². The maximum Gasteiger partial charge on any atom is 0.243 e. The van der Waals surface area contributed by atoms with Gasteiger partial charge in [-0.3, -0.25) is 4.79 Å². The number of carbonyl (C=O) groups is 1. The number of benzene rings is 1. The Morgan fingerprint density at radius 1 is 1.32 bits per heavy atom. The third-order valence-corrected chi connectivity index (χ3v) is 5.28. The molecule has 8 heteroatoms. The molecule has 0 radical (unpaired) electrons. The van der Waals surface area contributed by atoms with E-state index in [1.807, 2.05) is 0 Å². The molecule has 1 amide bonds. The molecule has 2 N–H and O–H groups in total.